The van der Waals surface area contributed by atoms with Gasteiger partial charge in [0.15, 0.2) is 0 Å². The summed E-state index contributed by atoms with van der Waals surface area (Å²) in [4.78, 5) is 11.3. The van der Waals surface area contributed by atoms with Crippen molar-refractivity contribution in [2.75, 3.05) is 7.11 Å². The van der Waals surface area contributed by atoms with Crippen molar-refractivity contribution in [3.8, 4) is 5.75 Å². The van der Waals surface area contributed by atoms with E-state index in [0.717, 1.165) is 18.4 Å². The largest absolute Gasteiger partial charge is 0.496 e. The number of rotatable bonds is 7. The molecule has 1 N–H and O–H groups in total. The Morgan fingerprint density at radius 3 is 2.72 bits per heavy atom. The highest BCUT2D eigenvalue weighted by molar-refractivity contribution is 5.77. The van der Waals surface area contributed by atoms with Crippen LogP contribution >= 0.6 is 0 Å². The Balaban J connectivity index is 2.87. The maximum absolute atomic E-state index is 11.3. The number of hydrogen-bond donors (Lipinski definition) is 1. The van der Waals surface area contributed by atoms with E-state index in [-0.39, 0.29) is 0 Å². The van der Waals surface area contributed by atoms with Crippen LogP contribution in [0.3, 0.4) is 0 Å². The summed E-state index contributed by atoms with van der Waals surface area (Å²) in [7, 11) is 1.56. The number of para-hydroxylation sites is 1. The van der Waals surface area contributed by atoms with Crippen molar-refractivity contribution < 1.29 is 14.6 Å². The van der Waals surface area contributed by atoms with Gasteiger partial charge in [-0.1, -0.05) is 43.7 Å². The summed E-state index contributed by atoms with van der Waals surface area (Å²) in [6.07, 6.45) is 6.52. The second-order valence-corrected chi connectivity index (χ2v) is 4.13. The number of hydrogen-bond acceptors (Lipinski definition) is 2. The van der Waals surface area contributed by atoms with Gasteiger partial charge in [-0.15, -0.1) is 0 Å². The van der Waals surface area contributed by atoms with Crippen molar-refractivity contribution in [2.24, 2.45) is 0 Å². The summed E-state index contributed by atoms with van der Waals surface area (Å²) in [5.74, 6) is -0.733. The third kappa shape index (κ3) is 3.91. The number of aliphatic carboxylic acids is 1. The lowest BCUT2D eigenvalue weighted by Gasteiger charge is -2.14. The molecular formula is C15H20O3. The second-order valence-electron chi connectivity index (χ2n) is 4.13. The van der Waals surface area contributed by atoms with Crippen LogP contribution in [0.15, 0.2) is 36.4 Å². The Labute approximate surface area is 108 Å². The van der Waals surface area contributed by atoms with Gasteiger partial charge >= 0.3 is 5.97 Å². The average Bonchev–Trinajstić information content (AvgIpc) is 2.38. The molecule has 1 unspecified atom stereocenters. The fraction of sp³-hybridized carbons (Fsp3) is 0.400. The van der Waals surface area contributed by atoms with Gasteiger partial charge in [0.25, 0.3) is 0 Å². The second kappa shape index (κ2) is 7.54. The Morgan fingerprint density at radius 2 is 2.11 bits per heavy atom. The summed E-state index contributed by atoms with van der Waals surface area (Å²) in [5.41, 5.74) is 0.730. The molecule has 0 bridgehead atoms. The molecule has 3 nitrogen and oxygen atoms in total. The lowest BCUT2D eigenvalue weighted by Crippen LogP contribution is -2.12. The topological polar surface area (TPSA) is 46.5 Å². The summed E-state index contributed by atoms with van der Waals surface area (Å²) >= 11 is 0. The number of benzene rings is 1. The van der Waals surface area contributed by atoms with Crippen LogP contribution in [-0.2, 0) is 4.79 Å². The Morgan fingerprint density at radius 1 is 1.39 bits per heavy atom. The molecular weight excluding hydrogens is 228 g/mol. The first-order valence-electron chi connectivity index (χ1n) is 6.21. The number of carbonyl (C=O) groups is 1. The van der Waals surface area contributed by atoms with Gasteiger partial charge in [0.2, 0.25) is 0 Å². The van der Waals surface area contributed by atoms with E-state index in [0.29, 0.717) is 12.2 Å². The van der Waals surface area contributed by atoms with Gasteiger partial charge in [-0.3, -0.25) is 4.79 Å². The molecule has 0 aliphatic rings. The first kappa shape index (κ1) is 14.3. The summed E-state index contributed by atoms with van der Waals surface area (Å²) in [6.45, 7) is 2.10. The Kier molecular flexibility index (Phi) is 5.98. The highest BCUT2D eigenvalue weighted by atomic mass is 16.5. The third-order valence-electron chi connectivity index (χ3n) is 2.81. The first-order chi connectivity index (χ1) is 8.70. The molecule has 0 heterocycles. The normalized spacial score (nSPS) is 12.6. The fourth-order valence-corrected chi connectivity index (χ4v) is 1.83. The minimum absolute atomic E-state index is 0.496. The molecule has 0 radical (unpaired) electrons. The molecule has 0 aromatic heterocycles. The zero-order valence-corrected chi connectivity index (χ0v) is 10.9. The van der Waals surface area contributed by atoms with Gasteiger partial charge in [-0.25, -0.2) is 0 Å². The number of carboxylic acid groups (broad SMARTS) is 1. The minimum atomic E-state index is -0.819. The molecule has 98 valence electrons. The predicted octanol–water partition coefficient (Wildman–Crippen LogP) is 3.61. The van der Waals surface area contributed by atoms with Gasteiger partial charge in [0, 0.05) is 5.56 Å². The molecule has 1 aromatic rings. The SMILES string of the molecule is CCC/C=C/CC(C(=O)O)c1ccccc1OC. The van der Waals surface area contributed by atoms with Crippen molar-refractivity contribution in [3.63, 3.8) is 0 Å². The molecule has 18 heavy (non-hydrogen) atoms. The summed E-state index contributed by atoms with van der Waals surface area (Å²) in [5, 5.41) is 9.31. The fourth-order valence-electron chi connectivity index (χ4n) is 1.83. The highest BCUT2D eigenvalue weighted by Crippen LogP contribution is 2.29. The molecule has 0 amide bonds. The quantitative estimate of drug-likeness (QED) is 0.750. The molecule has 1 atom stereocenters. The van der Waals surface area contributed by atoms with Gasteiger partial charge in [-0.2, -0.15) is 0 Å². The van der Waals surface area contributed by atoms with E-state index >= 15 is 0 Å². The van der Waals surface area contributed by atoms with Crippen molar-refractivity contribution in [3.05, 3.63) is 42.0 Å². The van der Waals surface area contributed by atoms with Gasteiger partial charge in [-0.05, 0) is 18.9 Å². The van der Waals surface area contributed by atoms with Crippen LogP contribution in [0.1, 0.15) is 37.7 Å². The third-order valence-corrected chi connectivity index (χ3v) is 2.81. The zero-order valence-electron chi connectivity index (χ0n) is 10.9. The zero-order chi connectivity index (χ0) is 13.4. The van der Waals surface area contributed by atoms with E-state index < -0.39 is 11.9 Å². The van der Waals surface area contributed by atoms with Crippen LogP contribution in [0.4, 0.5) is 0 Å². The molecule has 1 rings (SSSR count). The summed E-state index contributed by atoms with van der Waals surface area (Å²) < 4.78 is 5.22. The Hall–Kier alpha value is -1.77. The number of ether oxygens (including phenoxy) is 1. The van der Waals surface area contributed by atoms with E-state index in [9.17, 15) is 9.90 Å². The predicted molar refractivity (Wildman–Crippen MR) is 72.0 cm³/mol. The standard InChI is InChI=1S/C15H20O3/c1-3-4-5-6-10-13(15(16)17)12-9-7-8-11-14(12)18-2/h5-9,11,13H,3-4,10H2,1-2H3,(H,16,17)/b6-5+. The monoisotopic (exact) mass is 248 g/mol. The van der Waals surface area contributed by atoms with Gasteiger partial charge < -0.3 is 9.84 Å². The van der Waals surface area contributed by atoms with Crippen molar-refractivity contribution in [1.29, 1.82) is 0 Å². The lowest BCUT2D eigenvalue weighted by molar-refractivity contribution is -0.138. The maximum Gasteiger partial charge on any atom is 0.311 e. The van der Waals surface area contributed by atoms with Gasteiger partial charge in [0.05, 0.1) is 13.0 Å². The molecule has 0 aliphatic carbocycles. The van der Waals surface area contributed by atoms with Crippen LogP contribution < -0.4 is 4.74 Å². The molecule has 0 fully saturated rings. The van der Waals surface area contributed by atoms with Crippen molar-refractivity contribution in [2.45, 2.75) is 32.1 Å². The molecule has 3 heteroatoms. The summed E-state index contributed by atoms with van der Waals surface area (Å²) in [6, 6.07) is 7.28. The molecule has 0 aliphatic heterocycles. The van der Waals surface area contributed by atoms with Crippen LogP contribution in [-0.4, -0.2) is 18.2 Å². The van der Waals surface area contributed by atoms with Crippen LogP contribution in [0.25, 0.3) is 0 Å². The Bertz CT molecular complexity index is 410. The van der Waals surface area contributed by atoms with Crippen molar-refractivity contribution >= 4 is 5.97 Å². The van der Waals surface area contributed by atoms with Crippen LogP contribution in [0, 0.1) is 0 Å². The van der Waals surface area contributed by atoms with E-state index in [2.05, 4.69) is 6.92 Å². The average molecular weight is 248 g/mol. The smallest absolute Gasteiger partial charge is 0.311 e. The van der Waals surface area contributed by atoms with Crippen LogP contribution in [0.2, 0.25) is 0 Å². The number of methoxy groups -OCH3 is 1. The number of unbranched alkanes of at least 4 members (excludes halogenated alkanes) is 1. The molecule has 1 aromatic carbocycles. The maximum atomic E-state index is 11.3. The highest BCUT2D eigenvalue weighted by Gasteiger charge is 2.21. The number of carboxylic acids is 1. The first-order valence-corrected chi connectivity index (χ1v) is 6.21. The van der Waals surface area contributed by atoms with E-state index in [1.54, 1.807) is 13.2 Å². The van der Waals surface area contributed by atoms with E-state index in [1.807, 2.05) is 30.4 Å². The molecule has 0 saturated carbocycles. The minimum Gasteiger partial charge on any atom is -0.496 e. The van der Waals surface area contributed by atoms with Crippen LogP contribution in [0.5, 0.6) is 5.75 Å². The molecule has 0 spiro atoms. The van der Waals surface area contributed by atoms with E-state index in [4.69, 9.17) is 4.74 Å². The number of allylic oxidation sites excluding steroid dienone is 2. The van der Waals surface area contributed by atoms with Gasteiger partial charge in [0.1, 0.15) is 5.75 Å². The molecule has 0 saturated heterocycles. The lowest BCUT2D eigenvalue weighted by atomic mass is 9.94. The van der Waals surface area contributed by atoms with Crippen molar-refractivity contribution in [1.82, 2.24) is 0 Å². The van der Waals surface area contributed by atoms with E-state index in [1.165, 1.54) is 0 Å².